The van der Waals surface area contributed by atoms with Crippen LogP contribution in [0.4, 0.5) is 11.4 Å². The van der Waals surface area contributed by atoms with Crippen LogP contribution >= 0.6 is 0 Å². The Labute approximate surface area is 154 Å². The van der Waals surface area contributed by atoms with Crippen LogP contribution in [-0.2, 0) is 16.1 Å². The van der Waals surface area contributed by atoms with Crippen molar-refractivity contribution in [2.24, 2.45) is 5.92 Å². The number of para-hydroxylation sites is 2. The maximum Gasteiger partial charge on any atom is 0.232 e. The summed E-state index contributed by atoms with van der Waals surface area (Å²) in [5, 5.41) is 0. The van der Waals surface area contributed by atoms with Crippen LogP contribution in [-0.4, -0.2) is 17.9 Å². The van der Waals surface area contributed by atoms with Crippen LogP contribution in [0.25, 0.3) is 0 Å². The Morgan fingerprint density at radius 2 is 1.69 bits per heavy atom. The zero-order valence-electron chi connectivity index (χ0n) is 15.1. The summed E-state index contributed by atoms with van der Waals surface area (Å²) in [7, 11) is 0. The average molecular weight is 348 g/mol. The quantitative estimate of drug-likeness (QED) is 0.836. The van der Waals surface area contributed by atoms with E-state index in [2.05, 4.69) is 0 Å². The van der Waals surface area contributed by atoms with Crippen LogP contribution < -0.4 is 9.80 Å². The van der Waals surface area contributed by atoms with Crippen molar-refractivity contribution >= 4 is 23.2 Å². The molecule has 0 N–H and O–H groups in total. The molecule has 1 aliphatic heterocycles. The van der Waals surface area contributed by atoms with Crippen molar-refractivity contribution in [3.05, 3.63) is 60.2 Å². The van der Waals surface area contributed by atoms with E-state index in [1.807, 2.05) is 71.3 Å². The van der Waals surface area contributed by atoms with Gasteiger partial charge in [-0.2, -0.15) is 0 Å². The zero-order valence-corrected chi connectivity index (χ0v) is 15.1. The summed E-state index contributed by atoms with van der Waals surface area (Å²) in [6, 6.07) is 17.9. The molecule has 2 aromatic carbocycles. The van der Waals surface area contributed by atoms with Crippen molar-refractivity contribution < 1.29 is 9.59 Å². The smallest absolute Gasteiger partial charge is 0.232 e. The summed E-state index contributed by atoms with van der Waals surface area (Å²) in [4.78, 5) is 30.0. The number of rotatable bonds is 3. The fraction of sp³-hybridized carbons (Fsp3) is 0.364. The molecule has 2 amide bonds. The molecule has 4 nitrogen and oxygen atoms in total. The number of benzene rings is 2. The lowest BCUT2D eigenvalue weighted by molar-refractivity contribution is -0.123. The lowest BCUT2D eigenvalue weighted by Gasteiger charge is -2.30. The van der Waals surface area contributed by atoms with E-state index in [4.69, 9.17) is 0 Å². The highest BCUT2D eigenvalue weighted by molar-refractivity contribution is 6.06. The van der Waals surface area contributed by atoms with Crippen molar-refractivity contribution in [1.82, 2.24) is 0 Å². The second-order valence-corrected chi connectivity index (χ2v) is 7.12. The fourth-order valence-electron chi connectivity index (χ4n) is 4.35. The van der Waals surface area contributed by atoms with Gasteiger partial charge in [-0.1, -0.05) is 55.8 Å². The fourth-order valence-corrected chi connectivity index (χ4v) is 4.35. The van der Waals surface area contributed by atoms with Crippen LogP contribution in [0.2, 0.25) is 0 Å². The Bertz CT molecular complexity index is 818. The van der Waals surface area contributed by atoms with E-state index in [0.29, 0.717) is 13.0 Å². The number of hydrogen-bond acceptors (Lipinski definition) is 2. The lowest BCUT2D eigenvalue weighted by atomic mass is 10.0. The number of carbonyl (C=O) groups excluding carboxylic acids is 2. The van der Waals surface area contributed by atoms with Gasteiger partial charge in [-0.25, -0.2) is 0 Å². The minimum absolute atomic E-state index is 0.0168. The first-order chi connectivity index (χ1) is 12.7. The summed E-state index contributed by atoms with van der Waals surface area (Å²) in [6.07, 6.45) is 3.20. The first kappa shape index (κ1) is 16.8. The summed E-state index contributed by atoms with van der Waals surface area (Å²) in [5.41, 5.74) is 2.82. The normalized spacial score (nSPS) is 22.0. The minimum atomic E-state index is -0.110. The molecule has 1 aliphatic carbocycles. The lowest BCUT2D eigenvalue weighted by Crippen LogP contribution is -2.44. The van der Waals surface area contributed by atoms with E-state index < -0.39 is 0 Å². The molecule has 0 radical (unpaired) electrons. The Morgan fingerprint density at radius 1 is 1.00 bits per heavy atom. The number of hydrogen-bond donors (Lipinski definition) is 0. The Hall–Kier alpha value is -2.62. The van der Waals surface area contributed by atoms with Crippen LogP contribution in [0, 0.1) is 5.92 Å². The van der Waals surface area contributed by atoms with E-state index in [1.165, 1.54) is 0 Å². The molecule has 4 rings (SSSR count). The largest absolute Gasteiger partial charge is 0.307 e. The number of fused-ring (bicyclic) bond motifs is 2. The summed E-state index contributed by atoms with van der Waals surface area (Å²) in [6.45, 7) is 2.43. The summed E-state index contributed by atoms with van der Waals surface area (Å²) >= 11 is 0. The SMILES string of the molecule is CCC(=O)N1c2ccccc2N(Cc2ccccc2)C(=O)C2CCCC21. The van der Waals surface area contributed by atoms with Gasteiger partial charge in [0.2, 0.25) is 11.8 Å². The molecule has 2 aromatic rings. The van der Waals surface area contributed by atoms with Crippen molar-refractivity contribution in [2.45, 2.75) is 45.2 Å². The summed E-state index contributed by atoms with van der Waals surface area (Å²) in [5.74, 6) is 0.139. The molecule has 2 aliphatic rings. The van der Waals surface area contributed by atoms with Crippen molar-refractivity contribution in [3.63, 3.8) is 0 Å². The van der Waals surface area contributed by atoms with Gasteiger partial charge in [-0.05, 0) is 30.5 Å². The third-order valence-electron chi connectivity index (χ3n) is 5.58. The molecule has 2 unspecified atom stereocenters. The second kappa shape index (κ2) is 6.94. The predicted molar refractivity (Wildman–Crippen MR) is 103 cm³/mol. The molecule has 2 atom stereocenters. The van der Waals surface area contributed by atoms with Crippen LogP contribution in [0.5, 0.6) is 0 Å². The maximum atomic E-state index is 13.4. The predicted octanol–water partition coefficient (Wildman–Crippen LogP) is 4.15. The third kappa shape index (κ3) is 2.79. The number of anilines is 2. The second-order valence-electron chi connectivity index (χ2n) is 7.12. The highest BCUT2D eigenvalue weighted by atomic mass is 16.2. The molecule has 0 saturated heterocycles. The van der Waals surface area contributed by atoms with Gasteiger partial charge in [-0.3, -0.25) is 9.59 Å². The van der Waals surface area contributed by atoms with Gasteiger partial charge in [0.25, 0.3) is 0 Å². The van der Waals surface area contributed by atoms with Gasteiger partial charge in [-0.15, -0.1) is 0 Å². The third-order valence-corrected chi connectivity index (χ3v) is 5.58. The first-order valence-corrected chi connectivity index (χ1v) is 9.47. The average Bonchev–Trinajstić information content (AvgIpc) is 3.13. The van der Waals surface area contributed by atoms with Gasteiger partial charge >= 0.3 is 0 Å². The van der Waals surface area contributed by atoms with Crippen molar-refractivity contribution in [3.8, 4) is 0 Å². The van der Waals surface area contributed by atoms with E-state index >= 15 is 0 Å². The number of amides is 2. The Morgan fingerprint density at radius 3 is 2.42 bits per heavy atom. The molecule has 0 aromatic heterocycles. The first-order valence-electron chi connectivity index (χ1n) is 9.47. The number of carbonyl (C=O) groups is 2. The molecule has 1 fully saturated rings. The van der Waals surface area contributed by atoms with Crippen LogP contribution in [0.3, 0.4) is 0 Å². The van der Waals surface area contributed by atoms with E-state index in [0.717, 1.165) is 36.2 Å². The Kier molecular flexibility index (Phi) is 4.49. The minimum Gasteiger partial charge on any atom is -0.307 e. The summed E-state index contributed by atoms with van der Waals surface area (Å²) < 4.78 is 0. The molecule has 1 heterocycles. The molecule has 0 spiro atoms. The number of nitrogens with zero attached hydrogens (tertiary/aromatic N) is 2. The van der Waals surface area contributed by atoms with Gasteiger partial charge in [0, 0.05) is 12.5 Å². The van der Waals surface area contributed by atoms with E-state index in [1.54, 1.807) is 0 Å². The van der Waals surface area contributed by atoms with Gasteiger partial charge < -0.3 is 9.80 Å². The van der Waals surface area contributed by atoms with Gasteiger partial charge in [0.1, 0.15) is 0 Å². The topological polar surface area (TPSA) is 40.6 Å². The zero-order chi connectivity index (χ0) is 18.1. The van der Waals surface area contributed by atoms with E-state index in [9.17, 15) is 9.59 Å². The molecule has 26 heavy (non-hydrogen) atoms. The maximum absolute atomic E-state index is 13.4. The molecule has 1 saturated carbocycles. The van der Waals surface area contributed by atoms with Crippen LogP contribution in [0.15, 0.2) is 54.6 Å². The molecule has 134 valence electrons. The van der Waals surface area contributed by atoms with Gasteiger partial charge in [0.05, 0.1) is 23.8 Å². The Balaban J connectivity index is 1.83. The van der Waals surface area contributed by atoms with Crippen molar-refractivity contribution in [1.29, 1.82) is 0 Å². The highest BCUT2D eigenvalue weighted by Gasteiger charge is 2.45. The molecule has 0 bridgehead atoms. The molecule has 4 heteroatoms. The molecular weight excluding hydrogens is 324 g/mol. The van der Waals surface area contributed by atoms with Crippen LogP contribution in [0.1, 0.15) is 38.2 Å². The van der Waals surface area contributed by atoms with E-state index in [-0.39, 0.29) is 23.8 Å². The standard InChI is InChI=1S/C22H24N2O2/c1-2-21(25)24-18-14-8-11-17(18)22(26)23(15-16-9-4-3-5-10-16)19-12-6-7-13-20(19)24/h3-7,9-10,12-13,17-18H,2,8,11,14-15H2,1H3. The molecular formula is C22H24N2O2. The monoisotopic (exact) mass is 348 g/mol. The highest BCUT2D eigenvalue weighted by Crippen LogP contribution is 2.43. The van der Waals surface area contributed by atoms with Gasteiger partial charge in [0.15, 0.2) is 0 Å². The van der Waals surface area contributed by atoms with Crippen molar-refractivity contribution in [2.75, 3.05) is 9.80 Å².